The van der Waals surface area contributed by atoms with Crippen molar-refractivity contribution in [3.63, 3.8) is 0 Å². The number of carbonyl (C=O) groups is 1. The van der Waals surface area contributed by atoms with Crippen LogP contribution in [0.5, 0.6) is 0 Å². The van der Waals surface area contributed by atoms with Crippen LogP contribution in [0.2, 0.25) is 0 Å². The minimum Gasteiger partial charge on any atom is -0.480 e. The van der Waals surface area contributed by atoms with Gasteiger partial charge in [0.15, 0.2) is 0 Å². The van der Waals surface area contributed by atoms with E-state index in [1.54, 1.807) is 0 Å². The summed E-state index contributed by atoms with van der Waals surface area (Å²) in [5.41, 5.74) is 4.57. The van der Waals surface area contributed by atoms with E-state index in [9.17, 15) is 4.79 Å². The molecule has 0 saturated heterocycles. The minimum atomic E-state index is -0.968. The Labute approximate surface area is 65.6 Å². The molecule has 3 N–H and O–H groups in total. The molecule has 0 heterocycles. The van der Waals surface area contributed by atoms with Crippen molar-refractivity contribution in [2.45, 2.75) is 6.92 Å². The zero-order valence-electron chi connectivity index (χ0n) is 5.13. The summed E-state index contributed by atoms with van der Waals surface area (Å²) in [6, 6.07) is 0. The lowest BCUT2D eigenvalue weighted by Crippen LogP contribution is -2.10. The summed E-state index contributed by atoms with van der Waals surface area (Å²) in [6.45, 7) is 1.61. The number of hydrogen-bond acceptors (Lipinski definition) is 2. The Bertz CT molecular complexity index is 60.5. The van der Waals surface area contributed by atoms with Gasteiger partial charge in [0, 0.05) is 5.88 Å². The second kappa shape index (κ2) is 15.7. The van der Waals surface area contributed by atoms with E-state index in [0.29, 0.717) is 0 Å². The Kier molecular flexibility index (Phi) is 27.9. The average Bonchev–Trinajstić information content (AvgIpc) is 1.69. The number of carboxylic acid groups (broad SMARTS) is 1. The van der Waals surface area contributed by atoms with Gasteiger partial charge in [-0.1, -0.05) is 6.92 Å². The fourth-order valence-electron chi connectivity index (χ4n) is 0. The van der Waals surface area contributed by atoms with E-state index >= 15 is 0 Å². The molecule has 0 rings (SSSR count). The number of alkyl halides is 1. The second-order valence-corrected chi connectivity index (χ2v) is 1.40. The molecule has 9 heavy (non-hydrogen) atoms. The van der Waals surface area contributed by atoms with Crippen LogP contribution in [0.3, 0.4) is 0 Å². The summed E-state index contributed by atoms with van der Waals surface area (Å²) >= 11 is 5.00. The van der Waals surface area contributed by atoms with Crippen molar-refractivity contribution in [1.82, 2.24) is 0 Å². The molecule has 0 aliphatic rings. The highest BCUT2D eigenvalue weighted by Crippen LogP contribution is 1.59. The maximum Gasteiger partial charge on any atom is 0.317 e. The predicted molar refractivity (Wildman–Crippen MR) is 40.3 cm³/mol. The van der Waals surface area contributed by atoms with Gasteiger partial charge in [-0.2, -0.15) is 0 Å². The minimum absolute atomic E-state index is 0. The zero-order chi connectivity index (χ0) is 6.99. The second-order valence-electron chi connectivity index (χ2n) is 0.865. The molecule has 0 spiro atoms. The van der Waals surface area contributed by atoms with Gasteiger partial charge in [-0.05, 0) is 0 Å². The van der Waals surface area contributed by atoms with Gasteiger partial charge in [0.25, 0.3) is 0 Å². The van der Waals surface area contributed by atoms with Gasteiger partial charge in [-0.3, -0.25) is 4.79 Å². The maximum atomic E-state index is 9.24. The molecule has 3 nitrogen and oxygen atoms in total. The van der Waals surface area contributed by atoms with Crippen molar-refractivity contribution in [3.8, 4) is 0 Å². The summed E-state index contributed by atoms with van der Waals surface area (Å²) < 4.78 is 0. The lowest BCUT2D eigenvalue weighted by Gasteiger charge is -1.73. The molecule has 0 aliphatic carbocycles. The molecule has 0 atom stereocenters. The average molecular weight is 176 g/mol. The Balaban J connectivity index is -0.0000000800. The molecule has 0 fully saturated rings. The van der Waals surface area contributed by atoms with Gasteiger partial charge < -0.3 is 10.8 Å². The molecule has 0 saturated carbocycles. The van der Waals surface area contributed by atoms with Crippen LogP contribution in [-0.2, 0) is 4.79 Å². The molecule has 0 aromatic carbocycles. The number of hydrogen-bond donors (Lipinski definition) is 2. The molecule has 0 unspecified atom stereocenters. The van der Waals surface area contributed by atoms with Crippen LogP contribution in [0.4, 0.5) is 0 Å². The molecule has 0 radical (unpaired) electrons. The normalized spacial score (nSPS) is 6.11. The molecule has 5 heteroatoms. The van der Waals surface area contributed by atoms with Gasteiger partial charge in [0.1, 0.15) is 0 Å². The van der Waals surface area contributed by atoms with Crippen molar-refractivity contribution < 1.29 is 9.90 Å². The van der Waals surface area contributed by atoms with E-state index in [-0.39, 0.29) is 19.0 Å². The highest BCUT2D eigenvalue weighted by molar-refractivity contribution is 6.17. The summed E-state index contributed by atoms with van der Waals surface area (Å²) in [7, 11) is 0. The van der Waals surface area contributed by atoms with Crippen molar-refractivity contribution in [3.05, 3.63) is 0 Å². The Morgan fingerprint density at radius 3 is 1.89 bits per heavy atom. The Hall–Kier alpha value is 0.01000. The standard InChI is InChI=1S/C2H5Cl.C2H5NO2.ClH/c1-2-3;3-1-2(4)5;/h2H2,1H3;1,3H2,(H,4,5);1H. The fourth-order valence-corrected chi connectivity index (χ4v) is 0. The third kappa shape index (κ3) is 71.6. The third-order valence-corrected chi connectivity index (χ3v) is 0.175. The van der Waals surface area contributed by atoms with Crippen molar-refractivity contribution >= 4 is 30.0 Å². The lowest BCUT2D eigenvalue weighted by atomic mass is 10.7. The molecule has 0 amide bonds. The first-order valence-electron chi connectivity index (χ1n) is 2.16. The van der Waals surface area contributed by atoms with E-state index in [1.165, 1.54) is 0 Å². The monoisotopic (exact) mass is 175 g/mol. The van der Waals surface area contributed by atoms with Crippen LogP contribution >= 0.6 is 24.0 Å². The summed E-state index contributed by atoms with van der Waals surface area (Å²) in [6.07, 6.45) is 0. The number of carboxylic acids is 1. The van der Waals surface area contributed by atoms with E-state index in [2.05, 4.69) is 5.73 Å². The SMILES string of the molecule is CCCl.Cl.NCC(=O)O. The van der Waals surface area contributed by atoms with Crippen molar-refractivity contribution in [2.75, 3.05) is 12.4 Å². The smallest absolute Gasteiger partial charge is 0.317 e. The Morgan fingerprint density at radius 1 is 1.78 bits per heavy atom. The number of rotatable bonds is 1. The van der Waals surface area contributed by atoms with Gasteiger partial charge >= 0.3 is 5.97 Å². The van der Waals surface area contributed by atoms with Gasteiger partial charge in [-0.15, -0.1) is 24.0 Å². The highest BCUT2D eigenvalue weighted by Gasteiger charge is 1.81. The Morgan fingerprint density at radius 2 is 1.89 bits per heavy atom. The van der Waals surface area contributed by atoms with Crippen LogP contribution in [0.25, 0.3) is 0 Å². The first-order chi connectivity index (χ1) is 3.68. The summed E-state index contributed by atoms with van der Waals surface area (Å²) in [5, 5.41) is 7.60. The molecular weight excluding hydrogens is 165 g/mol. The molecule has 0 bridgehead atoms. The van der Waals surface area contributed by atoms with Crippen LogP contribution in [0.15, 0.2) is 0 Å². The molecule has 0 aromatic rings. The highest BCUT2D eigenvalue weighted by atomic mass is 35.5. The topological polar surface area (TPSA) is 63.3 Å². The van der Waals surface area contributed by atoms with Crippen LogP contribution in [0.1, 0.15) is 6.92 Å². The van der Waals surface area contributed by atoms with Gasteiger partial charge in [-0.25, -0.2) is 0 Å². The number of nitrogens with two attached hydrogens (primary N) is 1. The van der Waals surface area contributed by atoms with Crippen LogP contribution in [-0.4, -0.2) is 23.5 Å². The number of halogens is 2. The van der Waals surface area contributed by atoms with E-state index in [1.807, 2.05) is 6.92 Å². The van der Waals surface area contributed by atoms with Crippen molar-refractivity contribution in [1.29, 1.82) is 0 Å². The van der Waals surface area contributed by atoms with Crippen LogP contribution in [0, 0.1) is 0 Å². The quantitative estimate of drug-likeness (QED) is 0.578. The van der Waals surface area contributed by atoms with Gasteiger partial charge in [0.2, 0.25) is 0 Å². The molecule has 0 aliphatic heterocycles. The molecule has 58 valence electrons. The van der Waals surface area contributed by atoms with E-state index in [0.717, 1.165) is 5.88 Å². The van der Waals surface area contributed by atoms with E-state index in [4.69, 9.17) is 16.7 Å². The predicted octanol–water partition coefficient (Wildman–Crippen LogP) is 0.697. The largest absolute Gasteiger partial charge is 0.480 e. The molecular formula is C4H11Cl2NO2. The first-order valence-corrected chi connectivity index (χ1v) is 2.70. The third-order valence-electron chi connectivity index (χ3n) is 0.175. The lowest BCUT2D eigenvalue weighted by molar-refractivity contribution is -0.135. The summed E-state index contributed by atoms with van der Waals surface area (Å²) in [5.74, 6) is -0.245. The molecule has 0 aromatic heterocycles. The van der Waals surface area contributed by atoms with Crippen molar-refractivity contribution in [2.24, 2.45) is 5.73 Å². The van der Waals surface area contributed by atoms with Gasteiger partial charge in [0.05, 0.1) is 6.54 Å². The first kappa shape index (κ1) is 16.0. The maximum absolute atomic E-state index is 9.24. The zero-order valence-corrected chi connectivity index (χ0v) is 6.71. The van der Waals surface area contributed by atoms with E-state index < -0.39 is 5.97 Å². The fraction of sp³-hybridized carbons (Fsp3) is 0.750. The number of aliphatic carboxylic acids is 1. The summed E-state index contributed by atoms with van der Waals surface area (Å²) in [4.78, 5) is 9.24. The van der Waals surface area contributed by atoms with Crippen LogP contribution < -0.4 is 5.73 Å².